The molecular formula is C13H18N6OS. The number of H-pyrrole nitrogens is 1. The van der Waals surface area contributed by atoms with Crippen LogP contribution < -0.4 is 16.0 Å². The number of amides is 1. The Morgan fingerprint density at radius 3 is 2.57 bits per heavy atom. The molecule has 0 saturated carbocycles. The number of aromatic nitrogens is 3. The zero-order valence-electron chi connectivity index (χ0n) is 12.1. The second kappa shape index (κ2) is 6.49. The number of carbonyl (C=O) groups excluding carboxylic acids is 1. The van der Waals surface area contributed by atoms with Crippen molar-refractivity contribution < 1.29 is 4.79 Å². The van der Waals surface area contributed by atoms with Gasteiger partial charge in [-0.2, -0.15) is 4.98 Å². The Morgan fingerprint density at radius 2 is 2.05 bits per heavy atom. The molecule has 0 aliphatic carbocycles. The fourth-order valence-electron chi connectivity index (χ4n) is 1.61. The van der Waals surface area contributed by atoms with Crippen molar-refractivity contribution in [3.05, 3.63) is 24.3 Å². The Bertz CT molecular complexity index is 609. The molecule has 0 saturated heterocycles. The Labute approximate surface area is 127 Å². The molecule has 112 valence electrons. The zero-order chi connectivity index (χ0) is 15.4. The van der Waals surface area contributed by atoms with E-state index in [0.717, 1.165) is 11.4 Å². The summed E-state index contributed by atoms with van der Waals surface area (Å²) >= 11 is 1.25. The lowest BCUT2D eigenvalue weighted by Gasteiger charge is -2.14. The van der Waals surface area contributed by atoms with Gasteiger partial charge >= 0.3 is 0 Å². The molecule has 7 nitrogen and oxygen atoms in total. The fraction of sp³-hybridized carbons (Fsp3) is 0.308. The molecule has 0 bridgehead atoms. The SMILES string of the molecule is C[C@H](Sc1n[nH]c(N)n1)C(=O)Nc1ccc(N(C)C)cc1. The number of thioether (sulfide) groups is 1. The summed E-state index contributed by atoms with van der Waals surface area (Å²) in [7, 11) is 3.93. The molecule has 0 aliphatic heterocycles. The van der Waals surface area contributed by atoms with Crippen molar-refractivity contribution in [3.8, 4) is 0 Å². The lowest BCUT2D eigenvalue weighted by molar-refractivity contribution is -0.115. The van der Waals surface area contributed by atoms with Crippen molar-refractivity contribution in [1.29, 1.82) is 0 Å². The van der Waals surface area contributed by atoms with E-state index in [2.05, 4.69) is 20.5 Å². The molecule has 0 aliphatic rings. The molecule has 1 heterocycles. The third-order valence-electron chi connectivity index (χ3n) is 2.78. The van der Waals surface area contributed by atoms with Crippen LogP contribution in [-0.4, -0.2) is 40.4 Å². The van der Waals surface area contributed by atoms with E-state index in [1.165, 1.54) is 11.8 Å². The Hall–Kier alpha value is -2.22. The molecule has 1 aromatic heterocycles. The molecule has 1 atom stereocenters. The molecule has 8 heteroatoms. The summed E-state index contributed by atoms with van der Waals surface area (Å²) < 4.78 is 0. The van der Waals surface area contributed by atoms with Crippen molar-refractivity contribution in [2.75, 3.05) is 30.0 Å². The maximum absolute atomic E-state index is 12.1. The molecule has 2 aromatic rings. The van der Waals surface area contributed by atoms with Gasteiger partial charge in [0.05, 0.1) is 5.25 Å². The van der Waals surface area contributed by atoms with Crippen LogP contribution >= 0.6 is 11.8 Å². The Kier molecular flexibility index (Phi) is 4.69. The summed E-state index contributed by atoms with van der Waals surface area (Å²) in [5.74, 6) is 0.130. The van der Waals surface area contributed by atoms with Gasteiger partial charge in [0.15, 0.2) is 0 Å². The summed E-state index contributed by atoms with van der Waals surface area (Å²) in [6.07, 6.45) is 0. The van der Waals surface area contributed by atoms with Crippen LogP contribution in [0, 0.1) is 0 Å². The number of nitrogens with two attached hydrogens (primary N) is 1. The molecule has 0 unspecified atom stereocenters. The third kappa shape index (κ3) is 4.12. The first-order chi connectivity index (χ1) is 9.95. The lowest BCUT2D eigenvalue weighted by Crippen LogP contribution is -2.22. The van der Waals surface area contributed by atoms with Gasteiger partial charge in [-0.3, -0.25) is 4.79 Å². The van der Waals surface area contributed by atoms with Gasteiger partial charge in [-0.1, -0.05) is 11.8 Å². The van der Waals surface area contributed by atoms with Gasteiger partial charge in [0.25, 0.3) is 0 Å². The van der Waals surface area contributed by atoms with E-state index in [4.69, 9.17) is 5.73 Å². The highest BCUT2D eigenvalue weighted by atomic mass is 32.2. The molecule has 0 radical (unpaired) electrons. The van der Waals surface area contributed by atoms with Gasteiger partial charge in [-0.25, -0.2) is 5.10 Å². The summed E-state index contributed by atoms with van der Waals surface area (Å²) in [4.78, 5) is 18.1. The van der Waals surface area contributed by atoms with Crippen molar-refractivity contribution >= 4 is 35.0 Å². The highest BCUT2D eigenvalue weighted by molar-refractivity contribution is 8.00. The summed E-state index contributed by atoms with van der Waals surface area (Å²) in [6.45, 7) is 1.79. The number of nitrogens with zero attached hydrogens (tertiary/aromatic N) is 3. The molecule has 21 heavy (non-hydrogen) atoms. The van der Waals surface area contributed by atoms with E-state index in [-0.39, 0.29) is 17.1 Å². The van der Waals surface area contributed by atoms with Gasteiger partial charge in [0.1, 0.15) is 0 Å². The number of hydrogen-bond acceptors (Lipinski definition) is 6. The molecule has 4 N–H and O–H groups in total. The average Bonchev–Trinajstić information content (AvgIpc) is 2.84. The minimum atomic E-state index is -0.325. The van der Waals surface area contributed by atoms with Crippen LogP contribution in [0.25, 0.3) is 0 Å². The van der Waals surface area contributed by atoms with Crippen LogP contribution in [0.2, 0.25) is 0 Å². The fourth-order valence-corrected chi connectivity index (χ4v) is 2.34. The van der Waals surface area contributed by atoms with Crippen LogP contribution in [0.3, 0.4) is 0 Å². The Morgan fingerprint density at radius 1 is 1.38 bits per heavy atom. The van der Waals surface area contributed by atoms with Crippen LogP contribution in [0.15, 0.2) is 29.4 Å². The lowest BCUT2D eigenvalue weighted by atomic mass is 10.2. The minimum Gasteiger partial charge on any atom is -0.378 e. The predicted molar refractivity (Wildman–Crippen MR) is 85.5 cm³/mol. The van der Waals surface area contributed by atoms with Gasteiger partial charge in [-0.15, -0.1) is 5.10 Å². The minimum absolute atomic E-state index is 0.110. The van der Waals surface area contributed by atoms with Crippen LogP contribution in [0.4, 0.5) is 17.3 Å². The maximum Gasteiger partial charge on any atom is 0.237 e. The van der Waals surface area contributed by atoms with Crippen molar-refractivity contribution in [2.45, 2.75) is 17.3 Å². The third-order valence-corrected chi connectivity index (χ3v) is 3.75. The summed E-state index contributed by atoms with van der Waals surface area (Å²) in [6, 6.07) is 7.64. The normalized spacial score (nSPS) is 12.0. The number of aromatic amines is 1. The number of rotatable bonds is 5. The molecular weight excluding hydrogens is 288 g/mol. The largest absolute Gasteiger partial charge is 0.378 e. The Balaban J connectivity index is 1.93. The second-order valence-electron chi connectivity index (χ2n) is 4.69. The first-order valence-corrected chi connectivity index (χ1v) is 7.26. The van der Waals surface area contributed by atoms with Gasteiger partial charge < -0.3 is 16.0 Å². The molecule has 2 rings (SSSR count). The van der Waals surface area contributed by atoms with Crippen LogP contribution in [-0.2, 0) is 4.79 Å². The van der Waals surface area contributed by atoms with E-state index in [1.807, 2.05) is 43.3 Å². The molecule has 0 fully saturated rings. The zero-order valence-corrected chi connectivity index (χ0v) is 12.9. The van der Waals surface area contributed by atoms with Gasteiger partial charge in [-0.05, 0) is 31.2 Å². The number of anilines is 3. The van der Waals surface area contributed by atoms with Crippen LogP contribution in [0.5, 0.6) is 0 Å². The first-order valence-electron chi connectivity index (χ1n) is 6.38. The van der Waals surface area contributed by atoms with Gasteiger partial charge in [0.2, 0.25) is 17.0 Å². The smallest absolute Gasteiger partial charge is 0.237 e. The van der Waals surface area contributed by atoms with Crippen molar-refractivity contribution in [2.24, 2.45) is 0 Å². The maximum atomic E-state index is 12.1. The summed E-state index contributed by atoms with van der Waals surface area (Å²) in [5, 5.41) is 9.42. The number of nitrogens with one attached hydrogen (secondary N) is 2. The van der Waals surface area contributed by atoms with Gasteiger partial charge in [0, 0.05) is 25.5 Å². The van der Waals surface area contributed by atoms with E-state index in [1.54, 1.807) is 6.92 Å². The second-order valence-corrected chi connectivity index (χ2v) is 6.00. The van der Waals surface area contributed by atoms with E-state index >= 15 is 0 Å². The number of hydrogen-bond donors (Lipinski definition) is 3. The van der Waals surface area contributed by atoms with E-state index < -0.39 is 0 Å². The van der Waals surface area contributed by atoms with E-state index in [0.29, 0.717) is 5.16 Å². The quantitative estimate of drug-likeness (QED) is 0.725. The molecule has 1 aromatic carbocycles. The highest BCUT2D eigenvalue weighted by Crippen LogP contribution is 2.21. The monoisotopic (exact) mass is 306 g/mol. The topological polar surface area (TPSA) is 99.9 Å². The van der Waals surface area contributed by atoms with E-state index in [9.17, 15) is 4.79 Å². The van der Waals surface area contributed by atoms with Crippen LogP contribution in [0.1, 0.15) is 6.92 Å². The number of nitrogen functional groups attached to an aromatic ring is 1. The van der Waals surface area contributed by atoms with Crippen molar-refractivity contribution in [1.82, 2.24) is 15.2 Å². The number of carbonyl (C=O) groups is 1. The van der Waals surface area contributed by atoms with Crippen molar-refractivity contribution in [3.63, 3.8) is 0 Å². The first kappa shape index (κ1) is 15.2. The summed E-state index contributed by atoms with van der Waals surface area (Å²) in [5.41, 5.74) is 7.28. The highest BCUT2D eigenvalue weighted by Gasteiger charge is 2.17. The molecule has 1 amide bonds. The predicted octanol–water partition coefficient (Wildman–Crippen LogP) is 1.57. The molecule has 0 spiro atoms. The standard InChI is InChI=1S/C13H18N6OS/c1-8(21-13-16-12(14)17-18-13)11(20)15-9-4-6-10(7-5-9)19(2)3/h4-8H,1-3H3,(H,15,20)(H3,14,16,17,18)/t8-/m0/s1. The average molecular weight is 306 g/mol. The number of benzene rings is 1.